The van der Waals surface area contributed by atoms with E-state index in [2.05, 4.69) is 17.9 Å². The van der Waals surface area contributed by atoms with Crippen LogP contribution in [-0.4, -0.2) is 57.7 Å². The van der Waals surface area contributed by atoms with Crippen molar-refractivity contribution in [1.82, 2.24) is 0 Å². The Hall–Kier alpha value is -2.35. The van der Waals surface area contributed by atoms with Crippen LogP contribution in [0.15, 0.2) is 24.3 Å². The fourth-order valence-corrected chi connectivity index (χ4v) is 1.03. The van der Waals surface area contributed by atoms with Crippen LogP contribution in [-0.2, 0) is 33.3 Å². The Bertz CT molecular complexity index is 441. The maximum atomic E-state index is 11.1. The first-order valence-corrected chi connectivity index (χ1v) is 6.87. The van der Waals surface area contributed by atoms with Gasteiger partial charge in [-0.25, -0.2) is 14.4 Å². The normalized spacial score (nSPS) is 9.65. The average Bonchev–Trinajstić information content (AvgIpc) is 2.49. The number of hydrogen-bond donors (Lipinski definition) is 0. The van der Waals surface area contributed by atoms with Gasteiger partial charge in [0.2, 0.25) is 0 Å². The smallest absolute Gasteiger partial charge is 0.460 e. The molecule has 0 aliphatic rings. The Kier molecular flexibility index (Phi) is 11.0. The lowest BCUT2D eigenvalue weighted by Gasteiger charge is -2.08. The van der Waals surface area contributed by atoms with E-state index < -0.39 is 18.1 Å². The Morgan fingerprint density at radius 3 is 1.43 bits per heavy atom. The molecule has 0 aromatic heterocycles. The Labute approximate surface area is 135 Å². The second-order valence-electron chi connectivity index (χ2n) is 4.39. The highest BCUT2D eigenvalue weighted by Crippen LogP contribution is 1.93. The molecule has 0 saturated heterocycles. The summed E-state index contributed by atoms with van der Waals surface area (Å²) in [4.78, 5) is 33.2. The molecule has 0 heterocycles. The SMILES string of the molecule is C=C(C)C(=O)OCCOCCOC(=O)OCCOC(=O)C(=C)C. The topological polar surface area (TPSA) is 97.4 Å². The minimum Gasteiger partial charge on any atom is -0.460 e. The lowest BCUT2D eigenvalue weighted by molar-refractivity contribution is -0.141. The highest BCUT2D eigenvalue weighted by atomic mass is 16.7. The molecule has 23 heavy (non-hydrogen) atoms. The zero-order valence-corrected chi connectivity index (χ0v) is 13.4. The van der Waals surface area contributed by atoms with E-state index in [1.54, 1.807) is 6.92 Å². The maximum Gasteiger partial charge on any atom is 0.508 e. The molecule has 0 spiro atoms. The molecule has 0 unspecified atom stereocenters. The average molecular weight is 330 g/mol. The van der Waals surface area contributed by atoms with Crippen molar-refractivity contribution in [2.45, 2.75) is 13.8 Å². The van der Waals surface area contributed by atoms with Crippen molar-refractivity contribution in [2.24, 2.45) is 0 Å². The van der Waals surface area contributed by atoms with Crippen LogP contribution in [0, 0.1) is 0 Å². The summed E-state index contributed by atoms with van der Waals surface area (Å²) in [5.74, 6) is -1.04. The molecule has 0 saturated carbocycles. The highest BCUT2D eigenvalue weighted by molar-refractivity contribution is 5.87. The molecule has 0 fully saturated rings. The van der Waals surface area contributed by atoms with E-state index in [4.69, 9.17) is 18.9 Å². The summed E-state index contributed by atoms with van der Waals surface area (Å²) in [5, 5.41) is 0. The molecule has 8 nitrogen and oxygen atoms in total. The molecule has 0 rings (SSSR count). The molecule has 0 amide bonds. The van der Waals surface area contributed by atoms with Gasteiger partial charge in [0.1, 0.15) is 26.4 Å². The molecule has 0 N–H and O–H groups in total. The van der Waals surface area contributed by atoms with Gasteiger partial charge in [-0.1, -0.05) is 13.2 Å². The number of hydrogen-bond acceptors (Lipinski definition) is 8. The fraction of sp³-hybridized carbons (Fsp3) is 0.533. The largest absolute Gasteiger partial charge is 0.508 e. The van der Waals surface area contributed by atoms with Gasteiger partial charge in [-0.2, -0.15) is 0 Å². The third kappa shape index (κ3) is 11.9. The van der Waals surface area contributed by atoms with Crippen LogP contribution in [0.25, 0.3) is 0 Å². The van der Waals surface area contributed by atoms with Crippen LogP contribution in [0.5, 0.6) is 0 Å². The van der Waals surface area contributed by atoms with E-state index in [1.165, 1.54) is 6.92 Å². The van der Waals surface area contributed by atoms with Crippen molar-refractivity contribution in [1.29, 1.82) is 0 Å². The van der Waals surface area contributed by atoms with E-state index >= 15 is 0 Å². The first-order valence-electron chi connectivity index (χ1n) is 6.87. The number of rotatable bonds is 11. The van der Waals surface area contributed by atoms with Gasteiger partial charge in [0.25, 0.3) is 0 Å². The summed E-state index contributed by atoms with van der Waals surface area (Å²) in [6, 6.07) is 0. The fourth-order valence-electron chi connectivity index (χ4n) is 1.03. The quantitative estimate of drug-likeness (QED) is 0.243. The zero-order chi connectivity index (χ0) is 17.7. The monoisotopic (exact) mass is 330 g/mol. The van der Waals surface area contributed by atoms with Crippen molar-refractivity contribution in [3.63, 3.8) is 0 Å². The van der Waals surface area contributed by atoms with Gasteiger partial charge in [0, 0.05) is 11.1 Å². The molecular formula is C15H22O8. The summed E-state index contributed by atoms with van der Waals surface area (Å²) in [5.41, 5.74) is 0.573. The van der Waals surface area contributed by atoms with Gasteiger partial charge in [-0.15, -0.1) is 0 Å². The van der Waals surface area contributed by atoms with Crippen molar-refractivity contribution >= 4 is 18.1 Å². The van der Waals surface area contributed by atoms with E-state index in [0.717, 1.165) is 0 Å². The predicted molar refractivity (Wildman–Crippen MR) is 79.7 cm³/mol. The Morgan fingerprint density at radius 2 is 1.00 bits per heavy atom. The second kappa shape index (κ2) is 12.2. The van der Waals surface area contributed by atoms with Crippen LogP contribution >= 0.6 is 0 Å². The lowest BCUT2D eigenvalue weighted by atomic mass is 10.4. The van der Waals surface area contributed by atoms with Crippen LogP contribution < -0.4 is 0 Å². The highest BCUT2D eigenvalue weighted by Gasteiger charge is 2.06. The van der Waals surface area contributed by atoms with Crippen molar-refractivity contribution in [3.8, 4) is 0 Å². The third-order valence-electron chi connectivity index (χ3n) is 2.14. The van der Waals surface area contributed by atoms with E-state index in [1.807, 2.05) is 0 Å². The van der Waals surface area contributed by atoms with Crippen molar-refractivity contribution in [2.75, 3.05) is 39.6 Å². The van der Waals surface area contributed by atoms with Gasteiger partial charge >= 0.3 is 18.1 Å². The third-order valence-corrected chi connectivity index (χ3v) is 2.14. The summed E-state index contributed by atoms with van der Waals surface area (Å²) in [7, 11) is 0. The first kappa shape index (κ1) is 20.6. The van der Waals surface area contributed by atoms with E-state index in [-0.39, 0.29) is 45.2 Å². The van der Waals surface area contributed by atoms with Gasteiger partial charge in [-0.3, -0.25) is 0 Å². The minimum atomic E-state index is -0.895. The number of carbonyl (C=O) groups is 3. The maximum absolute atomic E-state index is 11.1. The van der Waals surface area contributed by atoms with Crippen molar-refractivity contribution in [3.05, 3.63) is 24.3 Å². The first-order chi connectivity index (χ1) is 10.8. The molecule has 0 aromatic rings. The van der Waals surface area contributed by atoms with Gasteiger partial charge in [0.05, 0.1) is 13.2 Å². The van der Waals surface area contributed by atoms with Crippen LogP contribution in [0.3, 0.4) is 0 Å². The minimum absolute atomic E-state index is 0.0151. The standard InChI is InChI=1S/C15H22O8/c1-11(2)13(16)20-7-5-19-6-8-22-15(18)23-10-9-21-14(17)12(3)4/h1,3,5-10H2,2,4H3. The predicted octanol–water partition coefficient (Wildman–Crippen LogP) is 1.39. The molecule has 0 aromatic carbocycles. The molecule has 8 heteroatoms. The zero-order valence-electron chi connectivity index (χ0n) is 13.4. The Morgan fingerprint density at radius 1 is 0.652 bits per heavy atom. The second-order valence-corrected chi connectivity index (χ2v) is 4.39. The van der Waals surface area contributed by atoms with E-state index in [0.29, 0.717) is 5.57 Å². The lowest BCUT2D eigenvalue weighted by Crippen LogP contribution is -2.17. The van der Waals surface area contributed by atoms with E-state index in [9.17, 15) is 14.4 Å². The number of ether oxygens (including phenoxy) is 5. The Balaban J connectivity index is 3.43. The molecule has 0 aliphatic carbocycles. The molecule has 130 valence electrons. The molecule has 0 radical (unpaired) electrons. The van der Waals surface area contributed by atoms with Gasteiger partial charge in [0.15, 0.2) is 0 Å². The van der Waals surface area contributed by atoms with Crippen LogP contribution in [0.2, 0.25) is 0 Å². The molecular weight excluding hydrogens is 308 g/mol. The van der Waals surface area contributed by atoms with Crippen molar-refractivity contribution < 1.29 is 38.1 Å². The number of esters is 2. The molecule has 0 bridgehead atoms. The van der Waals surface area contributed by atoms with Gasteiger partial charge < -0.3 is 23.7 Å². The summed E-state index contributed by atoms with van der Waals surface area (Å²) in [6.07, 6.45) is -0.895. The van der Waals surface area contributed by atoms with Gasteiger partial charge in [-0.05, 0) is 13.8 Å². The van der Waals surface area contributed by atoms with Crippen LogP contribution in [0.1, 0.15) is 13.8 Å². The summed E-state index contributed by atoms with van der Waals surface area (Å²) < 4.78 is 23.9. The molecule has 0 aliphatic heterocycles. The summed E-state index contributed by atoms with van der Waals surface area (Å²) >= 11 is 0. The molecule has 0 atom stereocenters. The van der Waals surface area contributed by atoms with Crippen LogP contribution in [0.4, 0.5) is 4.79 Å². The number of carbonyl (C=O) groups excluding carboxylic acids is 3. The summed E-state index contributed by atoms with van der Waals surface area (Å²) in [6.45, 7) is 10.1.